The van der Waals surface area contributed by atoms with Crippen molar-refractivity contribution in [1.29, 1.82) is 0 Å². The van der Waals surface area contributed by atoms with Gasteiger partial charge in [0.1, 0.15) is 17.2 Å². The number of ether oxygens (including phenoxy) is 1. The van der Waals surface area contributed by atoms with Crippen molar-refractivity contribution in [3.63, 3.8) is 0 Å². The first-order valence-corrected chi connectivity index (χ1v) is 10.3. The molecule has 32 heavy (non-hydrogen) atoms. The fraction of sp³-hybridized carbons (Fsp3) is 0. The van der Waals surface area contributed by atoms with Crippen LogP contribution < -0.4 is 4.74 Å². The number of para-hydroxylation sites is 1. The zero-order chi connectivity index (χ0) is 21.8. The van der Waals surface area contributed by atoms with Crippen molar-refractivity contribution in [1.82, 2.24) is 25.1 Å². The van der Waals surface area contributed by atoms with Gasteiger partial charge in [0.05, 0.1) is 11.9 Å². The van der Waals surface area contributed by atoms with Crippen LogP contribution in [0.2, 0.25) is 0 Å². The van der Waals surface area contributed by atoms with Gasteiger partial charge in [-0.3, -0.25) is 5.10 Å². The van der Waals surface area contributed by atoms with Crippen molar-refractivity contribution in [2.45, 2.75) is 0 Å². The third kappa shape index (κ3) is 4.26. The molecule has 0 spiro atoms. The van der Waals surface area contributed by atoms with E-state index in [1.54, 1.807) is 10.9 Å². The number of nitrogens with one attached hydrogen (secondary N) is 2. The molecule has 0 saturated carbocycles. The molecule has 0 atom stereocenters. The average molecular weight is 439 g/mol. The van der Waals surface area contributed by atoms with Crippen molar-refractivity contribution in [2.24, 2.45) is 5.10 Å². The summed E-state index contributed by atoms with van der Waals surface area (Å²) in [6, 6.07) is 29.1. The zero-order valence-corrected chi connectivity index (χ0v) is 17.7. The van der Waals surface area contributed by atoms with E-state index in [4.69, 9.17) is 17.0 Å². The summed E-state index contributed by atoms with van der Waals surface area (Å²) < 4.78 is 7.83. The van der Waals surface area contributed by atoms with Gasteiger partial charge in [0.2, 0.25) is 10.6 Å². The topological polar surface area (TPSA) is 83.9 Å². The van der Waals surface area contributed by atoms with E-state index in [0.717, 1.165) is 28.3 Å². The molecule has 0 aliphatic carbocycles. The van der Waals surface area contributed by atoms with Gasteiger partial charge in [-0.25, -0.2) is 5.10 Å². The fourth-order valence-corrected chi connectivity index (χ4v) is 3.35. The Bertz CT molecular complexity index is 1420. The van der Waals surface area contributed by atoms with Crippen LogP contribution in [0.5, 0.6) is 11.5 Å². The second kappa shape index (κ2) is 8.83. The molecule has 7 nitrogen and oxygen atoms in total. The zero-order valence-electron chi connectivity index (χ0n) is 16.8. The summed E-state index contributed by atoms with van der Waals surface area (Å²) in [5.74, 6) is 2.03. The smallest absolute Gasteiger partial charge is 0.216 e. The predicted octanol–water partition coefficient (Wildman–Crippen LogP) is 5.67. The van der Waals surface area contributed by atoms with E-state index in [2.05, 4.69) is 25.5 Å². The second-order valence-electron chi connectivity index (χ2n) is 6.93. The molecule has 5 aromatic rings. The van der Waals surface area contributed by atoms with Crippen molar-refractivity contribution in [2.75, 3.05) is 0 Å². The Morgan fingerprint density at radius 1 is 0.812 bits per heavy atom. The van der Waals surface area contributed by atoms with E-state index in [0.29, 0.717) is 16.3 Å². The van der Waals surface area contributed by atoms with E-state index in [1.165, 1.54) is 0 Å². The molecule has 0 saturated heterocycles. The normalized spacial score (nSPS) is 11.1. The minimum atomic E-state index is 0.379. The van der Waals surface area contributed by atoms with E-state index < -0.39 is 0 Å². The van der Waals surface area contributed by atoms with Crippen molar-refractivity contribution in [3.05, 3.63) is 101 Å². The first-order chi connectivity index (χ1) is 15.8. The first-order valence-electron chi connectivity index (χ1n) is 9.92. The summed E-state index contributed by atoms with van der Waals surface area (Å²) in [6.45, 7) is 0. The van der Waals surface area contributed by atoms with Crippen LogP contribution in [0.4, 0.5) is 0 Å². The van der Waals surface area contributed by atoms with Crippen molar-refractivity contribution in [3.8, 4) is 34.3 Å². The fourth-order valence-electron chi connectivity index (χ4n) is 3.17. The number of nitrogens with zero attached hydrogens (tertiary/aromatic N) is 4. The molecule has 2 aromatic heterocycles. The van der Waals surface area contributed by atoms with E-state index >= 15 is 0 Å². The molecule has 0 fully saturated rings. The summed E-state index contributed by atoms with van der Waals surface area (Å²) in [4.78, 5) is 0. The highest BCUT2D eigenvalue weighted by molar-refractivity contribution is 7.71. The van der Waals surface area contributed by atoms with Gasteiger partial charge >= 0.3 is 0 Å². The maximum absolute atomic E-state index is 5.90. The molecule has 5 rings (SSSR count). The van der Waals surface area contributed by atoms with Crippen molar-refractivity contribution < 1.29 is 4.74 Å². The van der Waals surface area contributed by atoms with Crippen LogP contribution in [0, 0.1) is 4.77 Å². The standard InChI is InChI=1S/C24H18N6OS/c32-24-29-28-23(22-15-21(26-27-22)18-9-3-1-4-10-18)30(24)25-16-17-8-7-13-20(14-17)31-19-11-5-2-6-12-19/h1-16H,(H,26,27)(H,29,32). The molecule has 0 unspecified atom stereocenters. The van der Waals surface area contributed by atoms with Crippen LogP contribution >= 0.6 is 12.2 Å². The molecule has 3 aromatic carbocycles. The quantitative estimate of drug-likeness (QED) is 0.264. The largest absolute Gasteiger partial charge is 0.457 e. The van der Waals surface area contributed by atoms with Crippen LogP contribution in [0.3, 0.4) is 0 Å². The van der Waals surface area contributed by atoms with Gasteiger partial charge < -0.3 is 4.74 Å². The Kier molecular flexibility index (Phi) is 5.42. The Balaban J connectivity index is 1.40. The summed E-state index contributed by atoms with van der Waals surface area (Å²) in [7, 11) is 0. The number of hydrogen-bond acceptors (Lipinski definition) is 5. The second-order valence-corrected chi connectivity index (χ2v) is 7.32. The molecule has 0 aliphatic heterocycles. The molecule has 0 aliphatic rings. The summed E-state index contributed by atoms with van der Waals surface area (Å²) in [5.41, 5.74) is 3.39. The van der Waals surface area contributed by atoms with Crippen LogP contribution in [-0.4, -0.2) is 31.3 Å². The molecule has 2 heterocycles. The number of benzene rings is 3. The van der Waals surface area contributed by atoms with Crippen LogP contribution in [0.15, 0.2) is 96.1 Å². The van der Waals surface area contributed by atoms with Crippen LogP contribution in [0.1, 0.15) is 5.56 Å². The molecule has 0 amide bonds. The number of rotatable bonds is 6. The predicted molar refractivity (Wildman–Crippen MR) is 126 cm³/mol. The Labute approximate surface area is 189 Å². The van der Waals surface area contributed by atoms with Gasteiger partial charge in [0.25, 0.3) is 0 Å². The average Bonchev–Trinajstić information content (AvgIpc) is 3.46. The Hall–Kier alpha value is -4.30. The van der Waals surface area contributed by atoms with Gasteiger partial charge in [-0.05, 0) is 48.1 Å². The molecular weight excluding hydrogens is 420 g/mol. The lowest BCUT2D eigenvalue weighted by Crippen LogP contribution is -1.95. The highest BCUT2D eigenvalue weighted by atomic mass is 32.1. The number of aromatic nitrogens is 5. The highest BCUT2D eigenvalue weighted by Crippen LogP contribution is 2.23. The van der Waals surface area contributed by atoms with Gasteiger partial charge in [-0.15, -0.1) is 0 Å². The lowest BCUT2D eigenvalue weighted by molar-refractivity contribution is 0.482. The molecule has 156 valence electrons. The lowest BCUT2D eigenvalue weighted by atomic mass is 10.1. The third-order valence-electron chi connectivity index (χ3n) is 4.70. The summed E-state index contributed by atoms with van der Waals surface area (Å²) in [6.07, 6.45) is 1.71. The lowest BCUT2D eigenvalue weighted by Gasteiger charge is -2.05. The number of hydrogen-bond donors (Lipinski definition) is 2. The number of H-pyrrole nitrogens is 2. The highest BCUT2D eigenvalue weighted by Gasteiger charge is 2.12. The molecule has 0 radical (unpaired) electrons. The van der Waals surface area contributed by atoms with Gasteiger partial charge in [0.15, 0.2) is 0 Å². The maximum atomic E-state index is 5.90. The molecular formula is C24H18N6OS. The molecule has 2 N–H and O–H groups in total. The van der Waals surface area contributed by atoms with E-state index in [-0.39, 0.29) is 0 Å². The molecule has 0 bridgehead atoms. The minimum absolute atomic E-state index is 0.379. The van der Waals surface area contributed by atoms with Gasteiger partial charge in [-0.2, -0.15) is 20.0 Å². The Morgan fingerprint density at radius 2 is 1.56 bits per heavy atom. The van der Waals surface area contributed by atoms with E-state index in [1.807, 2.05) is 91.0 Å². The van der Waals surface area contributed by atoms with Crippen molar-refractivity contribution >= 4 is 18.4 Å². The minimum Gasteiger partial charge on any atom is -0.457 e. The van der Waals surface area contributed by atoms with Crippen LogP contribution in [-0.2, 0) is 0 Å². The van der Waals surface area contributed by atoms with Gasteiger partial charge in [0, 0.05) is 5.56 Å². The van der Waals surface area contributed by atoms with Crippen LogP contribution in [0.25, 0.3) is 22.8 Å². The van der Waals surface area contributed by atoms with E-state index in [9.17, 15) is 0 Å². The third-order valence-corrected chi connectivity index (χ3v) is 4.96. The summed E-state index contributed by atoms with van der Waals surface area (Å²) >= 11 is 5.37. The number of aromatic amines is 2. The maximum Gasteiger partial charge on any atom is 0.216 e. The Morgan fingerprint density at radius 3 is 2.38 bits per heavy atom. The first kappa shape index (κ1) is 19.7. The summed E-state index contributed by atoms with van der Waals surface area (Å²) in [5, 5.41) is 19.0. The van der Waals surface area contributed by atoms with Gasteiger partial charge in [-0.1, -0.05) is 60.7 Å². The monoisotopic (exact) mass is 438 g/mol. The molecule has 8 heteroatoms. The SMILES string of the molecule is S=c1[nH]nc(-c2cc(-c3ccccc3)n[nH]2)n1N=Cc1cccc(Oc2ccccc2)c1.